The standard InChI is InChI=1S/C25H24O2/c1-18-8-7-13-23(25(18)27-17-19-9-3-2-4-10-19)24-15-22(24)14-20-11-5-6-12-21(20)16-26/h2-13,16,22,24H,14-15,17H2,1H3. The number of ether oxygens (including phenoxy) is 1. The molecule has 2 heteroatoms. The Hall–Kier alpha value is -2.87. The van der Waals surface area contributed by atoms with E-state index in [1.807, 2.05) is 36.4 Å². The van der Waals surface area contributed by atoms with Crippen molar-refractivity contribution in [2.24, 2.45) is 5.92 Å². The second kappa shape index (κ2) is 7.79. The molecule has 0 N–H and O–H groups in total. The molecule has 2 atom stereocenters. The van der Waals surface area contributed by atoms with E-state index in [0.29, 0.717) is 18.4 Å². The van der Waals surface area contributed by atoms with Crippen LogP contribution in [0.25, 0.3) is 0 Å². The Morgan fingerprint density at radius 2 is 1.74 bits per heavy atom. The summed E-state index contributed by atoms with van der Waals surface area (Å²) in [4.78, 5) is 11.3. The molecule has 0 amide bonds. The molecule has 136 valence electrons. The summed E-state index contributed by atoms with van der Waals surface area (Å²) in [5.41, 5.74) is 5.63. The summed E-state index contributed by atoms with van der Waals surface area (Å²) in [6.45, 7) is 2.70. The third-order valence-electron chi connectivity index (χ3n) is 5.45. The molecule has 4 rings (SSSR count). The highest BCUT2D eigenvalue weighted by Gasteiger charge is 2.40. The van der Waals surface area contributed by atoms with Crippen molar-refractivity contribution >= 4 is 6.29 Å². The van der Waals surface area contributed by atoms with Gasteiger partial charge in [-0.05, 0) is 53.9 Å². The molecule has 1 aliphatic carbocycles. The minimum atomic E-state index is 0.510. The maximum Gasteiger partial charge on any atom is 0.150 e. The van der Waals surface area contributed by atoms with Gasteiger partial charge >= 0.3 is 0 Å². The Kier molecular flexibility index (Phi) is 5.06. The number of hydrogen-bond acceptors (Lipinski definition) is 2. The van der Waals surface area contributed by atoms with Crippen LogP contribution in [-0.4, -0.2) is 6.29 Å². The summed E-state index contributed by atoms with van der Waals surface area (Å²) in [7, 11) is 0. The van der Waals surface area contributed by atoms with Crippen molar-refractivity contribution < 1.29 is 9.53 Å². The number of rotatable bonds is 7. The van der Waals surface area contributed by atoms with Crippen molar-refractivity contribution in [3.05, 3.63) is 101 Å². The molecule has 0 aliphatic heterocycles. The maximum atomic E-state index is 11.3. The van der Waals surface area contributed by atoms with E-state index in [1.165, 1.54) is 16.7 Å². The molecule has 27 heavy (non-hydrogen) atoms. The van der Waals surface area contributed by atoms with Crippen molar-refractivity contribution in [2.75, 3.05) is 0 Å². The molecule has 0 bridgehead atoms. The molecule has 2 nitrogen and oxygen atoms in total. The van der Waals surface area contributed by atoms with Crippen molar-refractivity contribution in [3.63, 3.8) is 0 Å². The Morgan fingerprint density at radius 1 is 0.963 bits per heavy atom. The van der Waals surface area contributed by atoms with Gasteiger partial charge in [0.05, 0.1) is 0 Å². The zero-order valence-electron chi connectivity index (χ0n) is 15.6. The molecule has 0 spiro atoms. The predicted octanol–water partition coefficient (Wildman–Crippen LogP) is 5.73. The van der Waals surface area contributed by atoms with E-state index in [2.05, 4.69) is 43.3 Å². The topological polar surface area (TPSA) is 26.3 Å². The van der Waals surface area contributed by atoms with Crippen LogP contribution in [0.4, 0.5) is 0 Å². The van der Waals surface area contributed by atoms with Gasteiger partial charge in [-0.3, -0.25) is 4.79 Å². The number of benzene rings is 3. The van der Waals surface area contributed by atoms with Crippen LogP contribution in [0.3, 0.4) is 0 Å². The van der Waals surface area contributed by atoms with Crippen molar-refractivity contribution in [3.8, 4) is 5.75 Å². The first kappa shape index (κ1) is 17.5. The van der Waals surface area contributed by atoms with Gasteiger partial charge in [0.15, 0.2) is 0 Å². The van der Waals surface area contributed by atoms with Crippen LogP contribution in [-0.2, 0) is 13.0 Å². The summed E-state index contributed by atoms with van der Waals surface area (Å²) in [5, 5.41) is 0. The van der Waals surface area contributed by atoms with Crippen LogP contribution in [0.2, 0.25) is 0 Å². The van der Waals surface area contributed by atoms with Crippen molar-refractivity contribution in [2.45, 2.75) is 32.3 Å². The third kappa shape index (κ3) is 3.95. The first-order valence-corrected chi connectivity index (χ1v) is 9.55. The fraction of sp³-hybridized carbons (Fsp3) is 0.240. The number of carbonyl (C=O) groups excluding carboxylic acids is 1. The molecule has 1 saturated carbocycles. The summed E-state index contributed by atoms with van der Waals surface area (Å²) < 4.78 is 6.24. The highest BCUT2D eigenvalue weighted by Crippen LogP contribution is 2.52. The summed E-state index contributed by atoms with van der Waals surface area (Å²) >= 11 is 0. The van der Waals surface area contributed by atoms with Gasteiger partial charge in [0.1, 0.15) is 18.6 Å². The lowest BCUT2D eigenvalue weighted by molar-refractivity contribution is 0.112. The number of aldehydes is 1. The third-order valence-corrected chi connectivity index (χ3v) is 5.45. The lowest BCUT2D eigenvalue weighted by Gasteiger charge is -2.15. The Balaban J connectivity index is 1.50. The molecule has 0 aromatic heterocycles. The number of para-hydroxylation sites is 1. The zero-order valence-corrected chi connectivity index (χ0v) is 15.6. The highest BCUT2D eigenvalue weighted by molar-refractivity contribution is 5.77. The monoisotopic (exact) mass is 356 g/mol. The lowest BCUT2D eigenvalue weighted by Crippen LogP contribution is -2.01. The minimum absolute atomic E-state index is 0.510. The quantitative estimate of drug-likeness (QED) is 0.505. The van der Waals surface area contributed by atoms with Crippen molar-refractivity contribution in [1.82, 2.24) is 0 Å². The number of aryl methyl sites for hydroxylation is 1. The van der Waals surface area contributed by atoms with Crippen LogP contribution in [0.1, 0.15) is 45.0 Å². The van der Waals surface area contributed by atoms with E-state index in [9.17, 15) is 4.79 Å². The fourth-order valence-corrected chi connectivity index (χ4v) is 3.87. The SMILES string of the molecule is Cc1cccc(C2CC2Cc2ccccc2C=O)c1OCc1ccccc1. The van der Waals surface area contributed by atoms with E-state index < -0.39 is 0 Å². The molecule has 1 fully saturated rings. The normalized spacial score (nSPS) is 18.1. The maximum absolute atomic E-state index is 11.3. The van der Waals surface area contributed by atoms with E-state index in [4.69, 9.17) is 4.74 Å². The molecule has 0 saturated heterocycles. The van der Waals surface area contributed by atoms with Gasteiger partial charge in [0, 0.05) is 5.56 Å². The van der Waals surface area contributed by atoms with Crippen LogP contribution >= 0.6 is 0 Å². The largest absolute Gasteiger partial charge is 0.488 e. The van der Waals surface area contributed by atoms with Crippen LogP contribution in [0, 0.1) is 12.8 Å². The first-order valence-electron chi connectivity index (χ1n) is 9.55. The predicted molar refractivity (Wildman–Crippen MR) is 108 cm³/mol. The molecule has 3 aromatic rings. The summed E-state index contributed by atoms with van der Waals surface area (Å²) in [5.74, 6) is 2.11. The van der Waals surface area contributed by atoms with Crippen LogP contribution < -0.4 is 4.74 Å². The smallest absolute Gasteiger partial charge is 0.150 e. The van der Waals surface area contributed by atoms with E-state index in [-0.39, 0.29) is 0 Å². The molecule has 0 radical (unpaired) electrons. The molecule has 3 aromatic carbocycles. The number of carbonyl (C=O) groups is 1. The molecule has 1 aliphatic rings. The van der Waals surface area contributed by atoms with Gasteiger partial charge < -0.3 is 4.74 Å². The van der Waals surface area contributed by atoms with Crippen LogP contribution in [0.15, 0.2) is 72.8 Å². The minimum Gasteiger partial charge on any atom is -0.488 e. The fourth-order valence-electron chi connectivity index (χ4n) is 3.87. The van der Waals surface area contributed by atoms with E-state index >= 15 is 0 Å². The zero-order chi connectivity index (χ0) is 18.6. The second-order valence-electron chi connectivity index (χ2n) is 7.39. The Labute approximate surface area is 160 Å². The van der Waals surface area contributed by atoms with Gasteiger partial charge in [-0.2, -0.15) is 0 Å². The van der Waals surface area contributed by atoms with Gasteiger partial charge in [0.2, 0.25) is 0 Å². The van der Waals surface area contributed by atoms with Gasteiger partial charge in [0.25, 0.3) is 0 Å². The summed E-state index contributed by atoms with van der Waals surface area (Å²) in [6, 6.07) is 24.6. The van der Waals surface area contributed by atoms with Crippen molar-refractivity contribution in [1.29, 1.82) is 0 Å². The number of hydrogen-bond donors (Lipinski definition) is 0. The average Bonchev–Trinajstić information content (AvgIpc) is 3.47. The van der Waals surface area contributed by atoms with E-state index in [0.717, 1.165) is 36.0 Å². The Morgan fingerprint density at radius 3 is 2.56 bits per heavy atom. The lowest BCUT2D eigenvalue weighted by atomic mass is 9.99. The second-order valence-corrected chi connectivity index (χ2v) is 7.39. The van der Waals surface area contributed by atoms with Gasteiger partial charge in [-0.15, -0.1) is 0 Å². The first-order chi connectivity index (χ1) is 13.3. The van der Waals surface area contributed by atoms with Gasteiger partial charge in [-0.1, -0.05) is 72.8 Å². The molecular formula is C25H24O2. The van der Waals surface area contributed by atoms with Gasteiger partial charge in [-0.25, -0.2) is 0 Å². The average molecular weight is 356 g/mol. The summed E-state index contributed by atoms with van der Waals surface area (Å²) in [6.07, 6.45) is 3.07. The van der Waals surface area contributed by atoms with Crippen LogP contribution in [0.5, 0.6) is 5.75 Å². The molecule has 2 unspecified atom stereocenters. The van der Waals surface area contributed by atoms with E-state index in [1.54, 1.807) is 0 Å². The molecular weight excluding hydrogens is 332 g/mol. The Bertz CT molecular complexity index is 930. The highest BCUT2D eigenvalue weighted by atomic mass is 16.5. The molecule has 0 heterocycles.